The van der Waals surface area contributed by atoms with Crippen LogP contribution >= 0.6 is 11.8 Å². The minimum atomic E-state index is -0.594. The van der Waals surface area contributed by atoms with Crippen molar-refractivity contribution in [3.63, 3.8) is 0 Å². The molecule has 134 valence electrons. The molecule has 0 N–H and O–H groups in total. The highest BCUT2D eigenvalue weighted by atomic mass is 32.2. The Morgan fingerprint density at radius 3 is 2.65 bits per heavy atom. The highest BCUT2D eigenvalue weighted by molar-refractivity contribution is 7.98. The molecule has 26 heavy (non-hydrogen) atoms. The lowest BCUT2D eigenvalue weighted by atomic mass is 10.2. The SMILES string of the molecule is O=c1c2ccccc2nc(SCc2ccc(F)cc2F)n1C1CCCC1. The van der Waals surface area contributed by atoms with E-state index >= 15 is 0 Å². The molecular weight excluding hydrogens is 354 g/mol. The van der Waals surface area contributed by atoms with Crippen LogP contribution in [0.4, 0.5) is 8.78 Å². The first-order valence-corrected chi connectivity index (χ1v) is 9.70. The smallest absolute Gasteiger partial charge is 0.262 e. The second-order valence-corrected chi connectivity index (χ2v) is 7.49. The Morgan fingerprint density at radius 2 is 1.88 bits per heavy atom. The van der Waals surface area contributed by atoms with Gasteiger partial charge in [0.1, 0.15) is 11.6 Å². The third kappa shape index (κ3) is 3.26. The number of nitrogens with zero attached hydrogens (tertiary/aromatic N) is 2. The maximum Gasteiger partial charge on any atom is 0.262 e. The van der Waals surface area contributed by atoms with E-state index in [-0.39, 0.29) is 11.6 Å². The summed E-state index contributed by atoms with van der Waals surface area (Å²) in [6.07, 6.45) is 4.11. The monoisotopic (exact) mass is 372 g/mol. The molecule has 1 fully saturated rings. The molecule has 4 rings (SSSR count). The number of hydrogen-bond donors (Lipinski definition) is 0. The van der Waals surface area contributed by atoms with Crippen molar-refractivity contribution < 1.29 is 8.78 Å². The van der Waals surface area contributed by atoms with Gasteiger partial charge >= 0.3 is 0 Å². The van der Waals surface area contributed by atoms with Crippen molar-refractivity contribution in [3.8, 4) is 0 Å². The maximum atomic E-state index is 13.9. The molecule has 3 aromatic rings. The van der Waals surface area contributed by atoms with E-state index in [2.05, 4.69) is 4.98 Å². The van der Waals surface area contributed by atoms with E-state index in [4.69, 9.17) is 0 Å². The molecular formula is C20H18F2N2OS. The maximum absolute atomic E-state index is 13.9. The molecule has 2 aromatic carbocycles. The zero-order valence-corrected chi connectivity index (χ0v) is 14.9. The van der Waals surface area contributed by atoms with Gasteiger partial charge in [0.05, 0.1) is 10.9 Å². The first-order valence-electron chi connectivity index (χ1n) is 8.71. The van der Waals surface area contributed by atoms with Crippen molar-refractivity contribution in [2.45, 2.75) is 42.6 Å². The van der Waals surface area contributed by atoms with E-state index in [1.54, 1.807) is 10.6 Å². The van der Waals surface area contributed by atoms with Gasteiger partial charge in [0, 0.05) is 17.9 Å². The van der Waals surface area contributed by atoms with Crippen LogP contribution in [0.3, 0.4) is 0 Å². The molecule has 0 unspecified atom stereocenters. The van der Waals surface area contributed by atoms with E-state index in [9.17, 15) is 13.6 Å². The van der Waals surface area contributed by atoms with E-state index in [1.807, 2.05) is 18.2 Å². The second kappa shape index (κ2) is 7.19. The number of halogens is 2. The third-order valence-corrected chi connectivity index (χ3v) is 5.84. The lowest BCUT2D eigenvalue weighted by Gasteiger charge is -2.18. The van der Waals surface area contributed by atoms with Gasteiger partial charge in [-0.2, -0.15) is 0 Å². The largest absolute Gasteiger partial charge is 0.284 e. The van der Waals surface area contributed by atoms with Crippen LogP contribution in [0.25, 0.3) is 10.9 Å². The number of rotatable bonds is 4. The summed E-state index contributed by atoms with van der Waals surface area (Å²) in [7, 11) is 0. The molecule has 1 heterocycles. The van der Waals surface area contributed by atoms with Crippen LogP contribution in [0.1, 0.15) is 37.3 Å². The molecule has 0 saturated heterocycles. The van der Waals surface area contributed by atoms with E-state index in [1.165, 1.54) is 23.9 Å². The van der Waals surface area contributed by atoms with Crippen LogP contribution < -0.4 is 5.56 Å². The summed E-state index contributed by atoms with van der Waals surface area (Å²) in [5, 5.41) is 1.21. The number of hydrogen-bond acceptors (Lipinski definition) is 3. The van der Waals surface area contributed by atoms with Crippen molar-refractivity contribution in [2.24, 2.45) is 0 Å². The van der Waals surface area contributed by atoms with Gasteiger partial charge in [-0.1, -0.05) is 42.8 Å². The van der Waals surface area contributed by atoms with E-state index in [0.29, 0.717) is 27.4 Å². The molecule has 6 heteroatoms. The van der Waals surface area contributed by atoms with Crippen LogP contribution in [0.5, 0.6) is 0 Å². The fourth-order valence-corrected chi connectivity index (χ4v) is 4.55. The first kappa shape index (κ1) is 17.2. The minimum Gasteiger partial charge on any atom is -0.284 e. The highest BCUT2D eigenvalue weighted by Gasteiger charge is 2.23. The quantitative estimate of drug-likeness (QED) is 0.473. The van der Waals surface area contributed by atoms with Crippen LogP contribution in [-0.2, 0) is 5.75 Å². The fourth-order valence-electron chi connectivity index (χ4n) is 3.49. The third-order valence-electron chi connectivity index (χ3n) is 4.84. The molecule has 0 bridgehead atoms. The Hall–Kier alpha value is -2.21. The predicted molar refractivity (Wildman–Crippen MR) is 99.4 cm³/mol. The fraction of sp³-hybridized carbons (Fsp3) is 0.300. The molecule has 1 aliphatic rings. The Balaban J connectivity index is 1.75. The molecule has 1 aromatic heterocycles. The zero-order valence-electron chi connectivity index (χ0n) is 14.1. The Morgan fingerprint density at radius 1 is 1.12 bits per heavy atom. The number of thioether (sulfide) groups is 1. The molecule has 0 spiro atoms. The lowest BCUT2D eigenvalue weighted by Crippen LogP contribution is -2.26. The summed E-state index contributed by atoms with van der Waals surface area (Å²) >= 11 is 1.33. The Labute approximate surface area is 154 Å². The second-order valence-electron chi connectivity index (χ2n) is 6.55. The average Bonchev–Trinajstić information content (AvgIpc) is 3.15. The average molecular weight is 372 g/mol. The summed E-state index contributed by atoms with van der Waals surface area (Å²) in [6.45, 7) is 0. The summed E-state index contributed by atoms with van der Waals surface area (Å²) < 4.78 is 28.8. The molecule has 0 radical (unpaired) electrons. The molecule has 0 aliphatic heterocycles. The van der Waals surface area contributed by atoms with Gasteiger partial charge in [-0.15, -0.1) is 0 Å². The van der Waals surface area contributed by atoms with Gasteiger partial charge in [-0.05, 0) is 36.6 Å². The van der Waals surface area contributed by atoms with E-state index < -0.39 is 11.6 Å². The molecule has 3 nitrogen and oxygen atoms in total. The van der Waals surface area contributed by atoms with Crippen molar-refractivity contribution in [3.05, 3.63) is 70.0 Å². The summed E-state index contributed by atoms with van der Waals surface area (Å²) in [5.74, 6) is -0.875. The first-order chi connectivity index (χ1) is 12.6. The van der Waals surface area contributed by atoms with E-state index in [0.717, 1.165) is 31.7 Å². The number of fused-ring (bicyclic) bond motifs is 1. The number of benzene rings is 2. The summed E-state index contributed by atoms with van der Waals surface area (Å²) in [6, 6.07) is 11.0. The molecule has 0 atom stereocenters. The Kier molecular flexibility index (Phi) is 4.76. The van der Waals surface area contributed by atoms with Crippen LogP contribution in [0, 0.1) is 11.6 Å². The van der Waals surface area contributed by atoms with Crippen LogP contribution in [0.2, 0.25) is 0 Å². The van der Waals surface area contributed by atoms with Gasteiger partial charge in [0.25, 0.3) is 5.56 Å². The van der Waals surface area contributed by atoms with Gasteiger partial charge < -0.3 is 0 Å². The van der Waals surface area contributed by atoms with Crippen LogP contribution in [-0.4, -0.2) is 9.55 Å². The highest BCUT2D eigenvalue weighted by Crippen LogP contribution is 2.33. The van der Waals surface area contributed by atoms with Crippen molar-refractivity contribution in [2.75, 3.05) is 0 Å². The van der Waals surface area contributed by atoms with Gasteiger partial charge in [-0.3, -0.25) is 9.36 Å². The minimum absolute atomic E-state index is 0.0374. The standard InChI is InChI=1S/C20H18F2N2OS/c21-14-10-9-13(17(22)11-14)12-26-20-23-18-8-4-3-7-16(18)19(25)24(20)15-5-1-2-6-15/h3-4,7-11,15H,1-2,5-6,12H2. The predicted octanol–water partition coefficient (Wildman–Crippen LogP) is 5.08. The number of aromatic nitrogens is 2. The lowest BCUT2D eigenvalue weighted by molar-refractivity contribution is 0.457. The molecule has 1 saturated carbocycles. The van der Waals surface area contributed by atoms with Crippen molar-refractivity contribution in [1.82, 2.24) is 9.55 Å². The van der Waals surface area contributed by atoms with Gasteiger partial charge in [0.15, 0.2) is 5.16 Å². The Bertz CT molecular complexity index is 1010. The number of para-hydroxylation sites is 1. The molecule has 0 amide bonds. The van der Waals surface area contributed by atoms with Crippen molar-refractivity contribution >= 4 is 22.7 Å². The zero-order chi connectivity index (χ0) is 18.1. The molecule has 1 aliphatic carbocycles. The van der Waals surface area contributed by atoms with Gasteiger partial charge in [-0.25, -0.2) is 13.8 Å². The topological polar surface area (TPSA) is 34.9 Å². The summed E-state index contributed by atoms with van der Waals surface area (Å²) in [4.78, 5) is 17.7. The normalized spacial score (nSPS) is 15.0. The van der Waals surface area contributed by atoms with Crippen molar-refractivity contribution in [1.29, 1.82) is 0 Å². The van der Waals surface area contributed by atoms with Crippen LogP contribution in [0.15, 0.2) is 52.4 Å². The van der Waals surface area contributed by atoms with Gasteiger partial charge in [0.2, 0.25) is 0 Å². The summed E-state index contributed by atoms with van der Waals surface area (Å²) in [5.41, 5.74) is 1.01.